The number of rotatable bonds is 7. The van der Waals surface area contributed by atoms with E-state index in [1.54, 1.807) is 7.11 Å². The topological polar surface area (TPSA) is 56.3 Å². The molecule has 0 aromatic carbocycles. The number of ether oxygens (including phenoxy) is 2. The largest absolute Gasteiger partial charge is 0.477 e. The van der Waals surface area contributed by atoms with Crippen LogP contribution in [0.4, 0.5) is 5.82 Å². The van der Waals surface area contributed by atoms with Gasteiger partial charge in [-0.2, -0.15) is 0 Å². The first-order valence-corrected chi connectivity index (χ1v) is 5.46. The Hall–Kier alpha value is -1.36. The van der Waals surface area contributed by atoms with Crippen molar-refractivity contribution >= 4 is 5.82 Å². The lowest BCUT2D eigenvalue weighted by atomic mass is 10.3. The third-order valence-corrected chi connectivity index (χ3v) is 2.11. The first-order chi connectivity index (χ1) is 7.79. The summed E-state index contributed by atoms with van der Waals surface area (Å²) in [6.45, 7) is 6.12. The first kappa shape index (κ1) is 12.7. The summed E-state index contributed by atoms with van der Waals surface area (Å²) in [5.41, 5.74) is 0.946. The molecule has 0 fully saturated rings. The van der Waals surface area contributed by atoms with Gasteiger partial charge >= 0.3 is 0 Å². The summed E-state index contributed by atoms with van der Waals surface area (Å²) in [5, 5.41) is 3.16. The molecule has 5 heteroatoms. The minimum atomic E-state index is 0.608. The van der Waals surface area contributed by atoms with Crippen LogP contribution in [0.2, 0.25) is 0 Å². The second-order valence-corrected chi connectivity index (χ2v) is 3.38. The van der Waals surface area contributed by atoms with Crippen LogP contribution in [0.5, 0.6) is 5.88 Å². The Labute approximate surface area is 96.2 Å². The van der Waals surface area contributed by atoms with Crippen LogP contribution in [0.15, 0.2) is 6.33 Å². The minimum Gasteiger partial charge on any atom is -0.477 e. The third kappa shape index (κ3) is 3.66. The van der Waals surface area contributed by atoms with E-state index in [0.29, 0.717) is 19.1 Å². The maximum atomic E-state index is 5.55. The van der Waals surface area contributed by atoms with Gasteiger partial charge in [-0.1, -0.05) is 0 Å². The van der Waals surface area contributed by atoms with Crippen LogP contribution in [0, 0.1) is 6.92 Å². The fourth-order valence-corrected chi connectivity index (χ4v) is 1.30. The van der Waals surface area contributed by atoms with Gasteiger partial charge in [0.1, 0.15) is 12.1 Å². The molecule has 0 bridgehead atoms. The Bertz CT molecular complexity index is 318. The van der Waals surface area contributed by atoms with E-state index < -0.39 is 0 Å². The fraction of sp³-hybridized carbons (Fsp3) is 0.636. The molecule has 16 heavy (non-hydrogen) atoms. The molecule has 1 aromatic heterocycles. The van der Waals surface area contributed by atoms with Gasteiger partial charge in [-0.25, -0.2) is 9.97 Å². The third-order valence-electron chi connectivity index (χ3n) is 2.11. The van der Waals surface area contributed by atoms with Gasteiger partial charge in [0.25, 0.3) is 0 Å². The maximum Gasteiger partial charge on any atom is 0.221 e. The lowest BCUT2D eigenvalue weighted by Gasteiger charge is -2.10. The fourth-order valence-electron chi connectivity index (χ4n) is 1.30. The van der Waals surface area contributed by atoms with Crippen molar-refractivity contribution in [3.8, 4) is 5.88 Å². The van der Waals surface area contributed by atoms with Crippen LogP contribution >= 0.6 is 0 Å². The van der Waals surface area contributed by atoms with Gasteiger partial charge in [-0.3, -0.25) is 0 Å². The summed E-state index contributed by atoms with van der Waals surface area (Å²) >= 11 is 0. The zero-order valence-electron chi connectivity index (χ0n) is 10.1. The van der Waals surface area contributed by atoms with Crippen LogP contribution in [-0.2, 0) is 4.74 Å². The van der Waals surface area contributed by atoms with Crippen molar-refractivity contribution in [1.29, 1.82) is 0 Å². The highest BCUT2D eigenvalue weighted by molar-refractivity contribution is 5.47. The van der Waals surface area contributed by atoms with Crippen LogP contribution in [-0.4, -0.2) is 36.8 Å². The molecule has 0 saturated carbocycles. The molecular formula is C11H19N3O2. The molecule has 0 amide bonds. The number of nitrogens with zero attached hydrogens (tertiary/aromatic N) is 2. The monoisotopic (exact) mass is 225 g/mol. The Balaban J connectivity index is 2.55. The molecule has 0 aliphatic carbocycles. The van der Waals surface area contributed by atoms with Crippen molar-refractivity contribution in [2.45, 2.75) is 20.3 Å². The molecule has 1 aromatic rings. The van der Waals surface area contributed by atoms with E-state index >= 15 is 0 Å². The molecule has 5 nitrogen and oxygen atoms in total. The molecule has 1 heterocycles. The van der Waals surface area contributed by atoms with Crippen LogP contribution in [0.1, 0.15) is 18.9 Å². The zero-order valence-corrected chi connectivity index (χ0v) is 10.1. The van der Waals surface area contributed by atoms with E-state index in [9.17, 15) is 0 Å². The summed E-state index contributed by atoms with van der Waals surface area (Å²) in [5.74, 6) is 1.47. The smallest absolute Gasteiger partial charge is 0.221 e. The molecule has 1 N–H and O–H groups in total. The molecule has 0 aliphatic heterocycles. The van der Waals surface area contributed by atoms with E-state index in [4.69, 9.17) is 9.47 Å². The average Bonchev–Trinajstić information content (AvgIpc) is 2.29. The zero-order chi connectivity index (χ0) is 11.8. The number of aromatic nitrogens is 2. The minimum absolute atomic E-state index is 0.608. The molecule has 0 atom stereocenters. The number of methoxy groups -OCH3 is 1. The Morgan fingerprint density at radius 1 is 1.31 bits per heavy atom. The molecule has 1 rings (SSSR count). The average molecular weight is 225 g/mol. The number of hydrogen-bond acceptors (Lipinski definition) is 5. The predicted octanol–water partition coefficient (Wildman–Crippen LogP) is 1.63. The molecule has 0 saturated heterocycles. The van der Waals surface area contributed by atoms with Crippen molar-refractivity contribution in [2.24, 2.45) is 0 Å². The van der Waals surface area contributed by atoms with Crippen LogP contribution in [0.25, 0.3) is 0 Å². The predicted molar refractivity (Wildman–Crippen MR) is 62.9 cm³/mol. The molecule has 0 unspecified atom stereocenters. The lowest BCUT2D eigenvalue weighted by molar-refractivity contribution is 0.170. The van der Waals surface area contributed by atoms with E-state index in [0.717, 1.165) is 24.3 Å². The van der Waals surface area contributed by atoms with Gasteiger partial charge in [0.15, 0.2) is 0 Å². The maximum absolute atomic E-state index is 5.55. The molecule has 0 radical (unpaired) electrons. The van der Waals surface area contributed by atoms with Crippen molar-refractivity contribution < 1.29 is 9.47 Å². The second-order valence-electron chi connectivity index (χ2n) is 3.38. The van der Waals surface area contributed by atoms with E-state index in [2.05, 4.69) is 15.3 Å². The number of anilines is 1. The Morgan fingerprint density at radius 2 is 2.12 bits per heavy atom. The van der Waals surface area contributed by atoms with Crippen LogP contribution in [0.3, 0.4) is 0 Å². The quantitative estimate of drug-likeness (QED) is 0.715. The molecular weight excluding hydrogens is 206 g/mol. The van der Waals surface area contributed by atoms with Crippen molar-refractivity contribution in [3.05, 3.63) is 11.9 Å². The first-order valence-electron chi connectivity index (χ1n) is 5.46. The van der Waals surface area contributed by atoms with Gasteiger partial charge in [0, 0.05) is 26.7 Å². The standard InChI is InChI=1S/C11H19N3O2/c1-4-12-10-9(2)11(14-8-13-10)16-7-5-6-15-3/h8H,4-7H2,1-3H3,(H,12,13,14). The summed E-state index contributed by atoms with van der Waals surface area (Å²) in [6.07, 6.45) is 2.37. The summed E-state index contributed by atoms with van der Waals surface area (Å²) in [7, 11) is 1.68. The lowest BCUT2D eigenvalue weighted by Crippen LogP contribution is -2.07. The van der Waals surface area contributed by atoms with E-state index in [1.807, 2.05) is 13.8 Å². The highest BCUT2D eigenvalue weighted by Crippen LogP contribution is 2.19. The summed E-state index contributed by atoms with van der Waals surface area (Å²) < 4.78 is 10.5. The van der Waals surface area contributed by atoms with E-state index in [1.165, 1.54) is 6.33 Å². The molecule has 0 aliphatic rings. The van der Waals surface area contributed by atoms with Gasteiger partial charge in [0.2, 0.25) is 5.88 Å². The number of nitrogens with one attached hydrogen (secondary N) is 1. The van der Waals surface area contributed by atoms with Crippen molar-refractivity contribution in [2.75, 3.05) is 32.2 Å². The summed E-state index contributed by atoms with van der Waals surface area (Å²) in [4.78, 5) is 8.25. The van der Waals surface area contributed by atoms with Gasteiger partial charge < -0.3 is 14.8 Å². The second kappa shape index (κ2) is 7.00. The van der Waals surface area contributed by atoms with Crippen molar-refractivity contribution in [3.63, 3.8) is 0 Å². The molecule has 0 spiro atoms. The Kier molecular flexibility index (Phi) is 5.56. The normalized spacial score (nSPS) is 10.2. The van der Waals surface area contributed by atoms with Gasteiger partial charge in [-0.15, -0.1) is 0 Å². The van der Waals surface area contributed by atoms with Crippen LogP contribution < -0.4 is 10.1 Å². The summed E-state index contributed by atoms with van der Waals surface area (Å²) in [6, 6.07) is 0. The van der Waals surface area contributed by atoms with Crippen molar-refractivity contribution in [1.82, 2.24) is 9.97 Å². The van der Waals surface area contributed by atoms with Gasteiger partial charge in [0.05, 0.1) is 12.2 Å². The van der Waals surface area contributed by atoms with E-state index in [-0.39, 0.29) is 0 Å². The SMILES string of the molecule is CCNc1ncnc(OCCCOC)c1C. The van der Waals surface area contributed by atoms with Gasteiger partial charge in [-0.05, 0) is 13.8 Å². The number of hydrogen-bond donors (Lipinski definition) is 1. The highest BCUT2D eigenvalue weighted by Gasteiger charge is 2.06. The Morgan fingerprint density at radius 3 is 2.81 bits per heavy atom. The highest BCUT2D eigenvalue weighted by atomic mass is 16.5. The molecule has 90 valence electrons.